The van der Waals surface area contributed by atoms with E-state index in [9.17, 15) is 13.2 Å². The molecule has 0 aliphatic carbocycles. The highest BCUT2D eigenvalue weighted by molar-refractivity contribution is 7.94. The summed E-state index contributed by atoms with van der Waals surface area (Å²) in [6.45, 7) is 0. The van der Waals surface area contributed by atoms with Gasteiger partial charge in [-0.25, -0.2) is 8.42 Å². The summed E-state index contributed by atoms with van der Waals surface area (Å²) >= 11 is 1.30. The number of amides is 1. The van der Waals surface area contributed by atoms with E-state index >= 15 is 0 Å². The Bertz CT molecular complexity index is 903. The number of carbonyl (C=O) groups is 1. The molecule has 1 aromatic carbocycles. The van der Waals surface area contributed by atoms with Gasteiger partial charge in [-0.15, -0.1) is 11.3 Å². The fourth-order valence-electron chi connectivity index (χ4n) is 2.66. The lowest BCUT2D eigenvalue weighted by Crippen LogP contribution is -2.41. The van der Waals surface area contributed by atoms with Crippen LogP contribution in [0.5, 0.6) is 11.5 Å². The van der Waals surface area contributed by atoms with Gasteiger partial charge in [0.15, 0.2) is 9.84 Å². The van der Waals surface area contributed by atoms with Crippen LogP contribution in [0.3, 0.4) is 0 Å². The molecule has 2 heterocycles. The maximum Gasteiger partial charge on any atom is 0.269 e. The number of hydrogen-bond donors (Lipinski definition) is 0. The fraction of sp³-hybridized carbons (Fsp3) is 0.235. The number of hydrogen-bond acceptors (Lipinski definition) is 6. The van der Waals surface area contributed by atoms with E-state index in [1.54, 1.807) is 35.7 Å². The molecule has 132 valence electrons. The summed E-state index contributed by atoms with van der Waals surface area (Å²) < 4.78 is 34.3. The predicted molar refractivity (Wildman–Crippen MR) is 97.4 cm³/mol. The van der Waals surface area contributed by atoms with Crippen LogP contribution in [0.15, 0.2) is 47.2 Å². The molecule has 6 nitrogen and oxygen atoms in total. The van der Waals surface area contributed by atoms with E-state index < -0.39 is 15.9 Å². The largest absolute Gasteiger partial charge is 0.497 e. The monoisotopic (exact) mass is 379 g/mol. The van der Waals surface area contributed by atoms with E-state index in [-0.39, 0.29) is 11.7 Å². The molecular weight excluding hydrogens is 362 g/mol. The second kappa shape index (κ2) is 6.89. The van der Waals surface area contributed by atoms with Gasteiger partial charge in [-0.2, -0.15) is 0 Å². The van der Waals surface area contributed by atoms with Gasteiger partial charge in [-0.05, 0) is 29.7 Å². The number of benzene rings is 1. The molecule has 3 rings (SSSR count). The molecule has 0 N–H and O–H groups in total. The van der Waals surface area contributed by atoms with Crippen molar-refractivity contribution < 1.29 is 22.7 Å². The Balaban J connectivity index is 2.09. The highest BCUT2D eigenvalue weighted by atomic mass is 32.2. The van der Waals surface area contributed by atoms with Crippen LogP contribution in [-0.2, 0) is 9.84 Å². The smallest absolute Gasteiger partial charge is 0.269 e. The highest BCUT2D eigenvalue weighted by Gasteiger charge is 2.34. The average Bonchev–Trinajstić information content (AvgIpc) is 3.25. The Kier molecular flexibility index (Phi) is 4.82. The minimum Gasteiger partial charge on any atom is -0.497 e. The number of methoxy groups -OCH3 is 2. The molecule has 1 aliphatic rings. The summed E-state index contributed by atoms with van der Waals surface area (Å²) in [5.41, 5.74) is 0.494. The molecule has 8 heteroatoms. The molecule has 25 heavy (non-hydrogen) atoms. The summed E-state index contributed by atoms with van der Waals surface area (Å²) in [7, 11) is -0.289. The van der Waals surface area contributed by atoms with Crippen LogP contribution in [-0.4, -0.2) is 40.3 Å². The number of thiophene rings is 1. The van der Waals surface area contributed by atoms with Crippen molar-refractivity contribution in [3.05, 3.63) is 52.1 Å². The SMILES string of the molecule is COc1ccc(N(C(=O)c2cccs2)[C@H]2C=CS(=O)(=O)C2)c(OC)c1. The third-order valence-electron chi connectivity index (χ3n) is 3.84. The number of ether oxygens (including phenoxy) is 2. The lowest BCUT2D eigenvalue weighted by Gasteiger charge is -2.28. The molecule has 0 spiro atoms. The molecule has 1 atom stereocenters. The van der Waals surface area contributed by atoms with Gasteiger partial charge >= 0.3 is 0 Å². The van der Waals surface area contributed by atoms with E-state index in [0.717, 1.165) is 5.41 Å². The molecule has 0 saturated heterocycles. The van der Waals surface area contributed by atoms with Crippen LogP contribution in [0.25, 0.3) is 0 Å². The summed E-state index contributed by atoms with van der Waals surface area (Å²) in [6, 6.07) is 7.96. The first kappa shape index (κ1) is 17.5. The topological polar surface area (TPSA) is 72.9 Å². The van der Waals surface area contributed by atoms with Gasteiger partial charge in [0.2, 0.25) is 0 Å². The van der Waals surface area contributed by atoms with Crippen LogP contribution in [0.4, 0.5) is 5.69 Å². The van der Waals surface area contributed by atoms with Crippen molar-refractivity contribution in [1.29, 1.82) is 0 Å². The second-order valence-corrected chi connectivity index (χ2v) is 8.29. The molecule has 0 bridgehead atoms. The Labute approximate surface area is 150 Å². The van der Waals surface area contributed by atoms with E-state index in [0.29, 0.717) is 22.1 Å². The summed E-state index contributed by atoms with van der Waals surface area (Å²) in [5.74, 6) is 0.588. The summed E-state index contributed by atoms with van der Waals surface area (Å²) in [6.07, 6.45) is 1.53. The van der Waals surface area contributed by atoms with Gasteiger partial charge in [-0.1, -0.05) is 6.07 Å². The van der Waals surface area contributed by atoms with Gasteiger partial charge in [0, 0.05) is 11.5 Å². The van der Waals surface area contributed by atoms with Gasteiger partial charge < -0.3 is 9.47 Å². The quantitative estimate of drug-likeness (QED) is 0.799. The van der Waals surface area contributed by atoms with Crippen molar-refractivity contribution in [2.45, 2.75) is 6.04 Å². The van der Waals surface area contributed by atoms with Gasteiger partial charge in [0.1, 0.15) is 11.5 Å². The Hall–Kier alpha value is -2.32. The molecular formula is C17H17NO5S2. The average molecular weight is 379 g/mol. The third-order valence-corrected chi connectivity index (χ3v) is 6.08. The standard InChI is InChI=1S/C17H17NO5S2/c1-22-13-5-6-14(15(10-13)23-2)18(12-7-9-25(20,21)11-12)17(19)16-4-3-8-24-16/h3-10,12H,11H2,1-2H3/t12-/m0/s1. The molecule has 2 aromatic rings. The minimum absolute atomic E-state index is 0.153. The molecule has 1 aliphatic heterocycles. The number of rotatable bonds is 5. The normalized spacial score (nSPS) is 18.1. The highest BCUT2D eigenvalue weighted by Crippen LogP contribution is 2.36. The lowest BCUT2D eigenvalue weighted by molar-refractivity contribution is 0.0986. The van der Waals surface area contributed by atoms with E-state index in [1.807, 2.05) is 0 Å². The molecule has 1 aromatic heterocycles. The van der Waals surface area contributed by atoms with Crippen LogP contribution in [0, 0.1) is 0 Å². The van der Waals surface area contributed by atoms with Crippen molar-refractivity contribution >= 4 is 32.8 Å². The minimum atomic E-state index is -3.32. The molecule has 0 saturated carbocycles. The number of nitrogens with zero attached hydrogens (tertiary/aromatic N) is 1. The Morgan fingerprint density at radius 1 is 1.24 bits per heavy atom. The maximum atomic E-state index is 13.0. The van der Waals surface area contributed by atoms with Crippen LogP contribution in [0.2, 0.25) is 0 Å². The van der Waals surface area contributed by atoms with Crippen molar-refractivity contribution in [2.75, 3.05) is 24.9 Å². The van der Waals surface area contributed by atoms with Gasteiger partial charge in [-0.3, -0.25) is 9.69 Å². The first-order valence-corrected chi connectivity index (χ1v) is 10.0. The van der Waals surface area contributed by atoms with Gasteiger partial charge in [0.05, 0.1) is 36.6 Å². The number of sulfone groups is 1. The van der Waals surface area contributed by atoms with Crippen LogP contribution >= 0.6 is 11.3 Å². The Morgan fingerprint density at radius 2 is 2.04 bits per heavy atom. The molecule has 0 radical (unpaired) electrons. The summed E-state index contributed by atoms with van der Waals surface area (Å²) in [5, 5.41) is 2.96. The van der Waals surface area contributed by atoms with Crippen LogP contribution < -0.4 is 14.4 Å². The van der Waals surface area contributed by atoms with Crippen molar-refractivity contribution in [1.82, 2.24) is 0 Å². The zero-order valence-corrected chi connectivity index (χ0v) is 15.3. The first-order valence-electron chi connectivity index (χ1n) is 7.45. The second-order valence-electron chi connectivity index (χ2n) is 5.42. The predicted octanol–water partition coefficient (Wildman–Crippen LogP) is 2.72. The lowest BCUT2D eigenvalue weighted by atomic mass is 10.2. The zero-order chi connectivity index (χ0) is 18.0. The van der Waals surface area contributed by atoms with Crippen LogP contribution in [0.1, 0.15) is 9.67 Å². The maximum absolute atomic E-state index is 13.0. The molecule has 1 amide bonds. The van der Waals surface area contributed by atoms with Crippen molar-refractivity contribution in [3.8, 4) is 11.5 Å². The van der Waals surface area contributed by atoms with Crippen molar-refractivity contribution in [2.24, 2.45) is 0 Å². The summed E-state index contributed by atoms with van der Waals surface area (Å²) in [4.78, 5) is 15.0. The molecule has 0 fully saturated rings. The van der Waals surface area contributed by atoms with E-state index in [1.165, 1.54) is 36.5 Å². The van der Waals surface area contributed by atoms with Gasteiger partial charge in [0.25, 0.3) is 5.91 Å². The first-order chi connectivity index (χ1) is 11.9. The van der Waals surface area contributed by atoms with Crippen molar-refractivity contribution in [3.63, 3.8) is 0 Å². The number of carbonyl (C=O) groups excluding carboxylic acids is 1. The number of anilines is 1. The fourth-order valence-corrected chi connectivity index (χ4v) is 4.59. The zero-order valence-electron chi connectivity index (χ0n) is 13.7. The van der Waals surface area contributed by atoms with E-state index in [2.05, 4.69) is 0 Å². The molecule has 0 unspecified atom stereocenters. The third kappa shape index (κ3) is 3.54. The Morgan fingerprint density at radius 3 is 2.60 bits per heavy atom. The van der Waals surface area contributed by atoms with E-state index in [4.69, 9.17) is 9.47 Å².